The number of halogens is 3. The fourth-order valence-electron chi connectivity index (χ4n) is 2.97. The van der Waals surface area contributed by atoms with Gasteiger partial charge in [-0.1, -0.05) is 0 Å². The molecule has 0 aliphatic carbocycles. The van der Waals surface area contributed by atoms with Crippen LogP contribution in [-0.4, -0.2) is 62.1 Å². The lowest BCUT2D eigenvalue weighted by Gasteiger charge is -2.28. The molecular weight excluding hydrogens is 429 g/mol. The summed E-state index contributed by atoms with van der Waals surface area (Å²) in [6.45, 7) is 3.91. The van der Waals surface area contributed by atoms with Crippen LogP contribution >= 0.6 is 0 Å². The summed E-state index contributed by atoms with van der Waals surface area (Å²) >= 11 is 0. The second kappa shape index (κ2) is 9.62. The van der Waals surface area contributed by atoms with E-state index in [1.165, 1.54) is 24.3 Å². The number of rotatable bonds is 8. The maximum Gasteiger partial charge on any atom is 0.434 e. The molecule has 0 aliphatic heterocycles. The Morgan fingerprint density at radius 3 is 2.47 bits per heavy atom. The van der Waals surface area contributed by atoms with Gasteiger partial charge < -0.3 is 14.4 Å². The molecule has 1 amide bonds. The Morgan fingerprint density at radius 2 is 1.91 bits per heavy atom. The molecule has 0 unspecified atom stereocenters. The number of amides is 1. The van der Waals surface area contributed by atoms with Crippen LogP contribution < -0.4 is 9.47 Å². The third-order valence-corrected chi connectivity index (χ3v) is 4.59. The van der Waals surface area contributed by atoms with E-state index in [9.17, 15) is 18.0 Å². The van der Waals surface area contributed by atoms with Crippen molar-refractivity contribution in [2.75, 3.05) is 20.3 Å². The molecule has 2 aromatic heterocycles. The molecule has 2 heterocycles. The average molecular weight is 450 g/mol. The Hall–Kier alpha value is -3.70. The van der Waals surface area contributed by atoms with E-state index in [1.807, 2.05) is 0 Å². The maximum absolute atomic E-state index is 13.4. The van der Waals surface area contributed by atoms with E-state index in [0.717, 1.165) is 6.20 Å². The minimum absolute atomic E-state index is 0.00105. The smallest absolute Gasteiger partial charge is 0.434 e. The van der Waals surface area contributed by atoms with E-state index in [4.69, 9.17) is 9.47 Å². The van der Waals surface area contributed by atoms with E-state index in [1.54, 1.807) is 36.9 Å². The summed E-state index contributed by atoms with van der Waals surface area (Å²) < 4.78 is 48.6. The maximum atomic E-state index is 13.4. The van der Waals surface area contributed by atoms with Crippen LogP contribution in [0.25, 0.3) is 5.69 Å². The summed E-state index contributed by atoms with van der Waals surface area (Å²) in [6.07, 6.45) is -0.0864. The number of aromatic nitrogens is 5. The van der Waals surface area contributed by atoms with E-state index >= 15 is 0 Å². The minimum atomic E-state index is -4.58. The Morgan fingerprint density at radius 1 is 1.19 bits per heavy atom. The molecule has 3 aromatic rings. The molecule has 9 nitrogen and oxygen atoms in total. The summed E-state index contributed by atoms with van der Waals surface area (Å²) in [6, 6.07) is 4.54. The van der Waals surface area contributed by atoms with Gasteiger partial charge in [0.15, 0.2) is 5.69 Å². The summed E-state index contributed by atoms with van der Waals surface area (Å²) in [5.41, 5.74) is -0.314. The van der Waals surface area contributed by atoms with Gasteiger partial charge in [-0.25, -0.2) is 9.97 Å². The number of alkyl halides is 3. The van der Waals surface area contributed by atoms with Crippen molar-refractivity contribution in [3.63, 3.8) is 0 Å². The number of benzene rings is 1. The van der Waals surface area contributed by atoms with Gasteiger partial charge in [0, 0.05) is 6.54 Å². The molecule has 0 saturated heterocycles. The highest BCUT2D eigenvalue weighted by Crippen LogP contribution is 2.27. The van der Waals surface area contributed by atoms with Crippen LogP contribution in [0.1, 0.15) is 29.9 Å². The fraction of sp³-hybridized carbons (Fsp3) is 0.350. The largest absolute Gasteiger partial charge is 0.497 e. The van der Waals surface area contributed by atoms with E-state index < -0.39 is 17.9 Å². The van der Waals surface area contributed by atoms with Crippen molar-refractivity contribution in [1.29, 1.82) is 0 Å². The molecule has 0 N–H and O–H groups in total. The molecule has 0 aliphatic rings. The Balaban J connectivity index is 1.77. The highest BCUT2D eigenvalue weighted by molar-refractivity contribution is 5.98. The number of nitrogens with zero attached hydrogens (tertiary/aromatic N) is 6. The van der Waals surface area contributed by atoms with Crippen molar-refractivity contribution in [2.24, 2.45) is 0 Å². The van der Waals surface area contributed by atoms with Gasteiger partial charge >= 0.3 is 6.18 Å². The van der Waals surface area contributed by atoms with Crippen molar-refractivity contribution in [3.8, 4) is 17.3 Å². The second-order valence-corrected chi connectivity index (χ2v) is 6.69. The van der Waals surface area contributed by atoms with Gasteiger partial charge in [-0.2, -0.15) is 28.2 Å². The molecule has 0 spiro atoms. The van der Waals surface area contributed by atoms with Gasteiger partial charge in [0.25, 0.3) is 5.91 Å². The first-order valence-corrected chi connectivity index (χ1v) is 9.62. The van der Waals surface area contributed by atoms with Crippen LogP contribution in [-0.2, 0) is 6.18 Å². The summed E-state index contributed by atoms with van der Waals surface area (Å²) in [5.74, 6) is 0.105. The van der Waals surface area contributed by atoms with Crippen LogP contribution in [0.5, 0.6) is 11.6 Å². The fourth-order valence-corrected chi connectivity index (χ4v) is 2.97. The van der Waals surface area contributed by atoms with Crippen molar-refractivity contribution < 1.29 is 27.4 Å². The lowest BCUT2D eigenvalue weighted by atomic mass is 10.1. The van der Waals surface area contributed by atoms with Gasteiger partial charge in [-0.15, -0.1) is 0 Å². The molecule has 12 heteroatoms. The third kappa shape index (κ3) is 5.13. The number of carbonyl (C=O) groups is 1. The summed E-state index contributed by atoms with van der Waals surface area (Å²) in [4.78, 5) is 23.2. The predicted octanol–water partition coefficient (Wildman–Crippen LogP) is 3.01. The lowest BCUT2D eigenvalue weighted by Crippen LogP contribution is -2.42. The molecule has 170 valence electrons. The highest BCUT2D eigenvalue weighted by atomic mass is 19.4. The zero-order valence-electron chi connectivity index (χ0n) is 17.6. The Bertz CT molecular complexity index is 1040. The van der Waals surface area contributed by atoms with Gasteiger partial charge in [0.1, 0.15) is 12.4 Å². The molecule has 1 atom stereocenters. The van der Waals surface area contributed by atoms with E-state index in [0.29, 0.717) is 29.7 Å². The molecule has 32 heavy (non-hydrogen) atoms. The SMILES string of the molecule is CCN(C(=O)c1cc(OC)ccc1-n1nccn1)[C@@H](C)COc1cnc(C(F)(F)F)cn1. The average Bonchev–Trinajstić information content (AvgIpc) is 3.32. The van der Waals surface area contributed by atoms with Crippen molar-refractivity contribution >= 4 is 5.91 Å². The number of carbonyl (C=O) groups excluding carboxylic acids is 1. The first kappa shape index (κ1) is 23.0. The molecule has 0 saturated carbocycles. The normalized spacial score (nSPS) is 12.3. The van der Waals surface area contributed by atoms with E-state index in [2.05, 4.69) is 20.2 Å². The van der Waals surface area contributed by atoms with Crippen molar-refractivity contribution in [2.45, 2.75) is 26.1 Å². The Kier molecular flexibility index (Phi) is 6.91. The number of ether oxygens (including phenoxy) is 2. The molecule has 0 radical (unpaired) electrons. The topological polar surface area (TPSA) is 95.3 Å². The van der Waals surface area contributed by atoms with Gasteiger partial charge in [-0.05, 0) is 32.0 Å². The molecule has 0 bridgehead atoms. The molecule has 0 fully saturated rings. The summed E-state index contributed by atoms with van der Waals surface area (Å²) in [7, 11) is 1.49. The summed E-state index contributed by atoms with van der Waals surface area (Å²) in [5, 5.41) is 8.18. The predicted molar refractivity (Wildman–Crippen MR) is 107 cm³/mol. The first-order valence-electron chi connectivity index (χ1n) is 9.62. The number of hydrogen-bond acceptors (Lipinski definition) is 7. The first-order chi connectivity index (χ1) is 15.2. The zero-order valence-corrected chi connectivity index (χ0v) is 17.6. The van der Waals surface area contributed by atoms with Gasteiger partial charge in [-0.3, -0.25) is 4.79 Å². The monoisotopic (exact) mass is 450 g/mol. The number of hydrogen-bond donors (Lipinski definition) is 0. The van der Waals surface area contributed by atoms with Crippen molar-refractivity contribution in [3.05, 3.63) is 54.2 Å². The lowest BCUT2D eigenvalue weighted by molar-refractivity contribution is -0.141. The molecule has 1 aromatic carbocycles. The number of methoxy groups -OCH3 is 1. The minimum Gasteiger partial charge on any atom is -0.497 e. The van der Waals surface area contributed by atoms with Gasteiger partial charge in [0.2, 0.25) is 5.88 Å². The van der Waals surface area contributed by atoms with E-state index in [-0.39, 0.29) is 18.4 Å². The molecule has 3 rings (SSSR count). The second-order valence-electron chi connectivity index (χ2n) is 6.69. The standard InChI is InChI=1S/C20H21F3N6O3/c1-4-28(13(2)12-32-18-11-24-17(10-25-18)20(21,22)23)19(30)15-9-14(31-3)5-6-16(15)29-26-7-8-27-29/h5-11,13H,4,12H2,1-3H3/t13-/m0/s1. The number of likely N-dealkylation sites (N-methyl/N-ethyl adjacent to an activating group) is 1. The highest BCUT2D eigenvalue weighted by Gasteiger charge is 2.33. The zero-order chi connectivity index (χ0) is 23.3. The van der Waals surface area contributed by atoms with Crippen LogP contribution in [0, 0.1) is 0 Å². The van der Waals surface area contributed by atoms with Crippen LogP contribution in [0.3, 0.4) is 0 Å². The quantitative estimate of drug-likeness (QED) is 0.521. The van der Waals surface area contributed by atoms with Crippen LogP contribution in [0.4, 0.5) is 13.2 Å². The van der Waals surface area contributed by atoms with Crippen molar-refractivity contribution in [1.82, 2.24) is 29.9 Å². The van der Waals surface area contributed by atoms with Crippen LogP contribution in [0.2, 0.25) is 0 Å². The van der Waals surface area contributed by atoms with Crippen LogP contribution in [0.15, 0.2) is 43.0 Å². The third-order valence-electron chi connectivity index (χ3n) is 4.59. The molecular formula is C20H21F3N6O3. The Labute approximate surface area is 181 Å². The van der Waals surface area contributed by atoms with Gasteiger partial charge in [0.05, 0.1) is 49.2 Å².